The number of amides is 1. The number of benzene rings is 3. The number of hydrogen-bond acceptors (Lipinski definition) is 5. The van der Waals surface area contributed by atoms with Crippen LogP contribution < -0.4 is 10.0 Å². The molecule has 10 heteroatoms. The molecular weight excluding hydrogens is 498 g/mol. The molecule has 1 fully saturated rings. The van der Waals surface area contributed by atoms with Crippen LogP contribution >= 0.6 is 0 Å². The highest BCUT2D eigenvalue weighted by atomic mass is 32.2. The summed E-state index contributed by atoms with van der Waals surface area (Å²) in [6.07, 6.45) is 2.74. The van der Waals surface area contributed by atoms with E-state index in [0.717, 1.165) is 24.8 Å². The van der Waals surface area contributed by atoms with Crippen LogP contribution in [0.15, 0.2) is 76.5 Å². The standard InChI is InChI=1S/C26H29N3O5S2/c1-19-9-13-22(14-10-19)35(31,32)28-25-8-6-7-24(20(25)2)26(30)27-21-11-15-23(16-12-21)36(33,34)29-17-4-3-5-18-29/h6-16,28H,3-5,17-18H2,1-2H3,(H,27,30). The Labute approximate surface area is 212 Å². The van der Waals surface area contributed by atoms with Gasteiger partial charge in [-0.1, -0.05) is 30.2 Å². The van der Waals surface area contributed by atoms with Gasteiger partial charge in [-0.2, -0.15) is 4.31 Å². The van der Waals surface area contributed by atoms with Gasteiger partial charge in [-0.05, 0) is 80.8 Å². The second kappa shape index (κ2) is 10.4. The normalized spacial score (nSPS) is 14.8. The van der Waals surface area contributed by atoms with Crippen LogP contribution in [0.1, 0.15) is 40.7 Å². The third-order valence-electron chi connectivity index (χ3n) is 6.22. The van der Waals surface area contributed by atoms with Gasteiger partial charge >= 0.3 is 0 Å². The zero-order valence-electron chi connectivity index (χ0n) is 20.2. The van der Waals surface area contributed by atoms with Crippen molar-refractivity contribution in [3.05, 3.63) is 83.4 Å². The fraction of sp³-hybridized carbons (Fsp3) is 0.269. The minimum Gasteiger partial charge on any atom is -0.322 e. The first kappa shape index (κ1) is 25.9. The predicted octanol–water partition coefficient (Wildman–Crippen LogP) is 4.53. The van der Waals surface area contributed by atoms with E-state index in [1.165, 1.54) is 28.6 Å². The van der Waals surface area contributed by atoms with Crippen LogP contribution in [0.2, 0.25) is 0 Å². The summed E-state index contributed by atoms with van der Waals surface area (Å²) in [7, 11) is -7.38. The highest BCUT2D eigenvalue weighted by molar-refractivity contribution is 7.92. The van der Waals surface area contributed by atoms with E-state index in [9.17, 15) is 21.6 Å². The lowest BCUT2D eigenvalue weighted by Crippen LogP contribution is -2.35. The molecule has 0 saturated carbocycles. The maximum absolute atomic E-state index is 13.0. The fourth-order valence-electron chi connectivity index (χ4n) is 4.08. The smallest absolute Gasteiger partial charge is 0.261 e. The molecule has 0 atom stereocenters. The summed E-state index contributed by atoms with van der Waals surface area (Å²) in [4.78, 5) is 13.3. The summed E-state index contributed by atoms with van der Waals surface area (Å²) in [6, 6.07) is 17.4. The monoisotopic (exact) mass is 527 g/mol. The Bertz CT molecular complexity index is 1460. The first-order chi connectivity index (χ1) is 17.1. The van der Waals surface area contributed by atoms with E-state index >= 15 is 0 Å². The summed E-state index contributed by atoms with van der Waals surface area (Å²) in [5.74, 6) is -0.435. The molecule has 1 saturated heterocycles. The fourth-order valence-corrected chi connectivity index (χ4v) is 6.72. The second-order valence-corrected chi connectivity index (χ2v) is 12.5. The van der Waals surface area contributed by atoms with Gasteiger partial charge in [-0.15, -0.1) is 0 Å². The molecule has 0 unspecified atom stereocenters. The molecule has 190 valence electrons. The van der Waals surface area contributed by atoms with E-state index < -0.39 is 26.0 Å². The molecule has 1 aliphatic heterocycles. The molecule has 0 radical (unpaired) electrons. The van der Waals surface area contributed by atoms with Gasteiger partial charge in [-0.25, -0.2) is 16.8 Å². The number of rotatable bonds is 7. The van der Waals surface area contributed by atoms with E-state index in [1.54, 1.807) is 49.4 Å². The number of nitrogens with zero attached hydrogens (tertiary/aromatic N) is 1. The topological polar surface area (TPSA) is 113 Å². The Morgan fingerprint density at radius 1 is 0.778 bits per heavy atom. The number of carbonyl (C=O) groups excluding carboxylic acids is 1. The lowest BCUT2D eigenvalue weighted by molar-refractivity contribution is 0.102. The van der Waals surface area contributed by atoms with Crippen molar-refractivity contribution in [3.63, 3.8) is 0 Å². The van der Waals surface area contributed by atoms with E-state index in [0.29, 0.717) is 35.6 Å². The van der Waals surface area contributed by atoms with Crippen molar-refractivity contribution in [1.82, 2.24) is 4.31 Å². The molecule has 0 bridgehead atoms. The average molecular weight is 528 g/mol. The van der Waals surface area contributed by atoms with Crippen LogP contribution in [0.25, 0.3) is 0 Å². The van der Waals surface area contributed by atoms with Crippen molar-refractivity contribution in [2.24, 2.45) is 0 Å². The van der Waals surface area contributed by atoms with Crippen LogP contribution in [0.5, 0.6) is 0 Å². The predicted molar refractivity (Wildman–Crippen MR) is 140 cm³/mol. The second-order valence-electron chi connectivity index (χ2n) is 8.84. The number of sulfonamides is 2. The van der Waals surface area contributed by atoms with Gasteiger partial charge in [0.2, 0.25) is 10.0 Å². The minimum absolute atomic E-state index is 0.127. The van der Waals surface area contributed by atoms with E-state index in [4.69, 9.17) is 0 Å². The highest BCUT2D eigenvalue weighted by Gasteiger charge is 2.26. The van der Waals surface area contributed by atoms with Gasteiger partial charge in [0, 0.05) is 24.3 Å². The number of carbonyl (C=O) groups is 1. The quantitative estimate of drug-likeness (QED) is 0.469. The Morgan fingerprint density at radius 2 is 1.39 bits per heavy atom. The molecule has 1 heterocycles. The molecule has 3 aromatic rings. The Balaban J connectivity index is 1.49. The Morgan fingerprint density at radius 3 is 2.03 bits per heavy atom. The maximum Gasteiger partial charge on any atom is 0.261 e. The maximum atomic E-state index is 13.0. The van der Waals surface area contributed by atoms with Crippen molar-refractivity contribution < 1.29 is 21.6 Å². The van der Waals surface area contributed by atoms with Gasteiger partial charge in [-0.3, -0.25) is 9.52 Å². The molecule has 1 amide bonds. The minimum atomic E-state index is -3.82. The van der Waals surface area contributed by atoms with Crippen LogP contribution in [-0.2, 0) is 20.0 Å². The molecule has 0 aliphatic carbocycles. The Hall–Kier alpha value is -3.21. The molecular formula is C26H29N3O5S2. The SMILES string of the molecule is Cc1ccc(S(=O)(=O)Nc2cccc(C(=O)Nc3ccc(S(=O)(=O)N4CCCCC4)cc3)c2C)cc1. The molecule has 0 aromatic heterocycles. The highest BCUT2D eigenvalue weighted by Crippen LogP contribution is 2.25. The van der Waals surface area contributed by atoms with Gasteiger partial charge in [0.05, 0.1) is 15.5 Å². The van der Waals surface area contributed by atoms with Crippen molar-refractivity contribution in [1.29, 1.82) is 0 Å². The molecule has 4 rings (SSSR count). The summed E-state index contributed by atoms with van der Waals surface area (Å²) in [5.41, 5.74) is 2.44. The number of aryl methyl sites for hydroxylation is 1. The zero-order valence-corrected chi connectivity index (χ0v) is 21.8. The van der Waals surface area contributed by atoms with E-state index in [1.807, 2.05) is 6.92 Å². The molecule has 3 aromatic carbocycles. The van der Waals surface area contributed by atoms with Crippen LogP contribution in [-0.4, -0.2) is 40.1 Å². The lowest BCUT2D eigenvalue weighted by Gasteiger charge is -2.25. The van der Waals surface area contributed by atoms with Gasteiger partial charge in [0.15, 0.2) is 0 Å². The third-order valence-corrected chi connectivity index (χ3v) is 9.51. The van der Waals surface area contributed by atoms with Crippen molar-refractivity contribution in [2.75, 3.05) is 23.1 Å². The number of hydrogen-bond donors (Lipinski definition) is 2. The van der Waals surface area contributed by atoms with Crippen molar-refractivity contribution >= 4 is 37.3 Å². The first-order valence-corrected chi connectivity index (χ1v) is 14.6. The summed E-state index contributed by atoms with van der Waals surface area (Å²) in [5, 5.41) is 2.76. The largest absolute Gasteiger partial charge is 0.322 e. The molecule has 8 nitrogen and oxygen atoms in total. The van der Waals surface area contributed by atoms with Crippen LogP contribution in [0.3, 0.4) is 0 Å². The van der Waals surface area contributed by atoms with Gasteiger partial charge in [0.1, 0.15) is 0 Å². The summed E-state index contributed by atoms with van der Waals surface area (Å²) in [6.45, 7) is 4.57. The average Bonchev–Trinajstić information content (AvgIpc) is 2.86. The number of piperidine rings is 1. The van der Waals surface area contributed by atoms with Gasteiger partial charge < -0.3 is 5.32 Å². The van der Waals surface area contributed by atoms with Crippen LogP contribution in [0, 0.1) is 13.8 Å². The van der Waals surface area contributed by atoms with Crippen LogP contribution in [0.4, 0.5) is 11.4 Å². The molecule has 1 aliphatic rings. The molecule has 2 N–H and O–H groups in total. The van der Waals surface area contributed by atoms with E-state index in [2.05, 4.69) is 10.0 Å². The zero-order chi connectivity index (χ0) is 25.9. The van der Waals surface area contributed by atoms with E-state index in [-0.39, 0.29) is 9.79 Å². The number of anilines is 2. The first-order valence-electron chi connectivity index (χ1n) is 11.7. The van der Waals surface area contributed by atoms with Crippen molar-refractivity contribution in [3.8, 4) is 0 Å². The van der Waals surface area contributed by atoms with Crippen molar-refractivity contribution in [2.45, 2.75) is 42.9 Å². The molecule has 36 heavy (non-hydrogen) atoms. The molecule has 0 spiro atoms. The summed E-state index contributed by atoms with van der Waals surface area (Å²) >= 11 is 0. The third kappa shape index (κ3) is 5.61. The van der Waals surface area contributed by atoms with Gasteiger partial charge in [0.25, 0.3) is 15.9 Å². The lowest BCUT2D eigenvalue weighted by atomic mass is 10.1. The number of nitrogens with one attached hydrogen (secondary N) is 2. The summed E-state index contributed by atoms with van der Waals surface area (Å²) < 4.78 is 55.3. The Kier molecular flexibility index (Phi) is 7.49.